The first kappa shape index (κ1) is 24.9. The van der Waals surface area contributed by atoms with Gasteiger partial charge in [0.1, 0.15) is 11.6 Å². The number of hydrogen-bond acceptors (Lipinski definition) is 4. The van der Waals surface area contributed by atoms with Crippen molar-refractivity contribution in [2.24, 2.45) is 23.2 Å². The van der Waals surface area contributed by atoms with E-state index in [4.69, 9.17) is 11.6 Å². The quantitative estimate of drug-likeness (QED) is 0.579. The number of halogens is 1. The summed E-state index contributed by atoms with van der Waals surface area (Å²) < 4.78 is 0. The van der Waals surface area contributed by atoms with Gasteiger partial charge in [-0.3, -0.25) is 14.4 Å². The van der Waals surface area contributed by atoms with Gasteiger partial charge in [0, 0.05) is 43.6 Å². The van der Waals surface area contributed by atoms with E-state index < -0.39 is 0 Å². The molecule has 190 valence electrons. The van der Waals surface area contributed by atoms with E-state index in [0.717, 1.165) is 30.7 Å². The molecule has 3 aliphatic carbocycles. The zero-order valence-corrected chi connectivity index (χ0v) is 22.0. The highest BCUT2D eigenvalue weighted by molar-refractivity contribution is 6.30. The standard InChI is InChI=1S/C29H34ClN3O3/c1-29-13-12-22-21-9-7-20(30)14-17(21)4-8-23(22)27(29)18(15-24(29)34)6-11-26(35)32-25-10-5-19(16-31-25)28(36)33(2)3/h5,7,9-10,14,16,18,22-23,27H,4,6,8,11-13,15H2,1-3H3,(H,31,32,35)/t18-,22?,23?,27?,29-/m1/s1. The van der Waals surface area contributed by atoms with Gasteiger partial charge in [0.15, 0.2) is 0 Å². The first-order valence-corrected chi connectivity index (χ1v) is 13.3. The minimum Gasteiger partial charge on any atom is -0.345 e. The van der Waals surface area contributed by atoms with Crippen molar-refractivity contribution in [2.45, 2.75) is 57.8 Å². The van der Waals surface area contributed by atoms with Crippen molar-refractivity contribution in [3.8, 4) is 0 Å². The summed E-state index contributed by atoms with van der Waals surface area (Å²) in [6, 6.07) is 9.62. The number of benzene rings is 1. The number of carbonyl (C=O) groups is 3. The molecule has 5 atom stereocenters. The third kappa shape index (κ3) is 4.45. The number of amides is 2. The summed E-state index contributed by atoms with van der Waals surface area (Å²) in [5.41, 5.74) is 2.97. The number of nitrogens with zero attached hydrogens (tertiary/aromatic N) is 2. The van der Waals surface area contributed by atoms with Crippen molar-refractivity contribution in [3.05, 3.63) is 58.2 Å². The van der Waals surface area contributed by atoms with Crippen LogP contribution in [0.4, 0.5) is 5.82 Å². The van der Waals surface area contributed by atoms with Crippen LogP contribution in [-0.4, -0.2) is 41.6 Å². The summed E-state index contributed by atoms with van der Waals surface area (Å²) in [6.07, 6.45) is 7.16. The second kappa shape index (κ2) is 9.62. The molecule has 7 heteroatoms. The van der Waals surface area contributed by atoms with Crippen molar-refractivity contribution >= 4 is 35.0 Å². The van der Waals surface area contributed by atoms with Gasteiger partial charge in [-0.15, -0.1) is 0 Å². The summed E-state index contributed by atoms with van der Waals surface area (Å²) in [7, 11) is 3.37. The number of pyridine rings is 1. The summed E-state index contributed by atoms with van der Waals surface area (Å²) in [5, 5.41) is 3.65. The maximum Gasteiger partial charge on any atom is 0.254 e. The average molecular weight is 508 g/mol. The number of nitrogens with one attached hydrogen (secondary N) is 1. The molecule has 5 rings (SSSR count). The van der Waals surface area contributed by atoms with E-state index in [1.54, 1.807) is 26.2 Å². The molecule has 1 heterocycles. The van der Waals surface area contributed by atoms with Gasteiger partial charge in [0.25, 0.3) is 5.91 Å². The van der Waals surface area contributed by atoms with Crippen molar-refractivity contribution in [2.75, 3.05) is 19.4 Å². The largest absolute Gasteiger partial charge is 0.345 e. The molecule has 3 unspecified atom stereocenters. The molecular weight excluding hydrogens is 474 g/mol. The zero-order chi connectivity index (χ0) is 25.6. The van der Waals surface area contributed by atoms with E-state index in [1.807, 2.05) is 6.07 Å². The molecular formula is C29H34ClN3O3. The summed E-state index contributed by atoms with van der Waals surface area (Å²) in [6.45, 7) is 2.17. The normalized spacial score (nSPS) is 28.6. The lowest BCUT2D eigenvalue weighted by Crippen LogP contribution is -2.44. The molecule has 0 aliphatic heterocycles. The number of hydrogen-bond donors (Lipinski definition) is 1. The van der Waals surface area contributed by atoms with Crippen LogP contribution in [0.3, 0.4) is 0 Å². The van der Waals surface area contributed by atoms with E-state index in [-0.39, 0.29) is 23.1 Å². The van der Waals surface area contributed by atoms with E-state index in [2.05, 4.69) is 29.4 Å². The highest BCUT2D eigenvalue weighted by Gasteiger charge is 2.58. The maximum absolute atomic E-state index is 13.2. The molecule has 6 nitrogen and oxygen atoms in total. The number of fused-ring (bicyclic) bond motifs is 5. The smallest absolute Gasteiger partial charge is 0.254 e. The van der Waals surface area contributed by atoms with Crippen LogP contribution < -0.4 is 5.32 Å². The van der Waals surface area contributed by atoms with E-state index in [0.29, 0.717) is 54.2 Å². The molecule has 0 bridgehead atoms. The number of aromatic nitrogens is 1. The molecule has 1 N–H and O–H groups in total. The van der Waals surface area contributed by atoms with Crippen LogP contribution in [0.1, 0.15) is 72.9 Å². The van der Waals surface area contributed by atoms with Gasteiger partial charge in [0.2, 0.25) is 5.91 Å². The summed E-state index contributed by atoms with van der Waals surface area (Å²) >= 11 is 6.26. The molecule has 36 heavy (non-hydrogen) atoms. The number of anilines is 1. The fourth-order valence-electron chi connectivity index (χ4n) is 7.25. The van der Waals surface area contributed by atoms with E-state index in [1.165, 1.54) is 22.2 Å². The van der Waals surface area contributed by atoms with Gasteiger partial charge in [-0.1, -0.05) is 24.6 Å². The minimum absolute atomic E-state index is 0.105. The Morgan fingerprint density at radius 2 is 2.00 bits per heavy atom. The third-order valence-corrected chi connectivity index (χ3v) is 9.19. The molecule has 2 fully saturated rings. The van der Waals surface area contributed by atoms with E-state index in [9.17, 15) is 14.4 Å². The SMILES string of the molecule is CN(C)C(=O)c1ccc(NC(=O)CC[C@@H]2CC(=O)[C@@]3(C)CCC4c5ccc(Cl)cc5CCC4C23)nc1. The highest BCUT2D eigenvalue weighted by atomic mass is 35.5. The number of rotatable bonds is 5. The maximum atomic E-state index is 13.2. The zero-order valence-electron chi connectivity index (χ0n) is 21.2. The van der Waals surface area contributed by atoms with Gasteiger partial charge < -0.3 is 10.2 Å². The van der Waals surface area contributed by atoms with Gasteiger partial charge in [-0.2, -0.15) is 0 Å². The summed E-state index contributed by atoms with van der Waals surface area (Å²) in [4.78, 5) is 43.7. The molecule has 1 aromatic heterocycles. The highest BCUT2D eigenvalue weighted by Crippen LogP contribution is 2.62. The van der Waals surface area contributed by atoms with Crippen LogP contribution in [0.2, 0.25) is 5.02 Å². The van der Waals surface area contributed by atoms with Crippen LogP contribution in [0, 0.1) is 23.2 Å². The Balaban J connectivity index is 1.26. The number of ketones is 1. The molecule has 0 spiro atoms. The molecule has 0 radical (unpaired) electrons. The predicted octanol–water partition coefficient (Wildman–Crippen LogP) is 5.51. The molecule has 2 amide bonds. The summed E-state index contributed by atoms with van der Waals surface area (Å²) in [5.74, 6) is 2.06. The Kier molecular flexibility index (Phi) is 6.67. The fraction of sp³-hybridized carbons (Fsp3) is 0.517. The van der Waals surface area contributed by atoms with Crippen LogP contribution in [0.15, 0.2) is 36.5 Å². The van der Waals surface area contributed by atoms with Crippen LogP contribution >= 0.6 is 11.6 Å². The van der Waals surface area contributed by atoms with Gasteiger partial charge in [-0.05, 0) is 91.2 Å². The minimum atomic E-state index is -0.275. The van der Waals surface area contributed by atoms with Crippen LogP contribution in [0.25, 0.3) is 0 Å². The number of carbonyl (C=O) groups excluding carboxylic acids is 3. The Morgan fingerprint density at radius 3 is 2.72 bits per heavy atom. The molecule has 1 aromatic carbocycles. The molecule has 2 aromatic rings. The molecule has 3 aliphatic rings. The van der Waals surface area contributed by atoms with Crippen molar-refractivity contribution in [1.29, 1.82) is 0 Å². The lowest BCUT2D eigenvalue weighted by molar-refractivity contribution is -0.129. The lowest BCUT2D eigenvalue weighted by atomic mass is 9.54. The topological polar surface area (TPSA) is 79.4 Å². The Hall–Kier alpha value is -2.73. The fourth-order valence-corrected chi connectivity index (χ4v) is 7.44. The predicted molar refractivity (Wildman–Crippen MR) is 140 cm³/mol. The van der Waals surface area contributed by atoms with Crippen LogP contribution in [-0.2, 0) is 16.0 Å². The van der Waals surface area contributed by atoms with Gasteiger partial charge in [0.05, 0.1) is 5.56 Å². The van der Waals surface area contributed by atoms with Crippen molar-refractivity contribution in [1.82, 2.24) is 9.88 Å². The lowest BCUT2D eigenvalue weighted by Gasteiger charge is -2.50. The Bertz CT molecular complexity index is 1190. The Labute approximate surface area is 217 Å². The van der Waals surface area contributed by atoms with Crippen molar-refractivity contribution in [3.63, 3.8) is 0 Å². The first-order chi connectivity index (χ1) is 17.2. The van der Waals surface area contributed by atoms with Crippen LogP contribution in [0.5, 0.6) is 0 Å². The third-order valence-electron chi connectivity index (χ3n) is 8.96. The number of Topliss-reactive ketones (excluding diaryl/α,β-unsaturated/α-hetero) is 1. The van der Waals surface area contributed by atoms with Gasteiger partial charge >= 0.3 is 0 Å². The van der Waals surface area contributed by atoms with E-state index >= 15 is 0 Å². The average Bonchev–Trinajstić information content (AvgIpc) is 3.12. The second-order valence-electron chi connectivity index (χ2n) is 11.2. The first-order valence-electron chi connectivity index (χ1n) is 13.0. The van der Waals surface area contributed by atoms with Gasteiger partial charge in [-0.25, -0.2) is 4.98 Å². The second-order valence-corrected chi connectivity index (χ2v) is 11.7. The number of aryl methyl sites for hydroxylation is 1. The van der Waals surface area contributed by atoms with Crippen molar-refractivity contribution < 1.29 is 14.4 Å². The molecule has 2 saturated carbocycles. The monoisotopic (exact) mass is 507 g/mol. The Morgan fingerprint density at radius 1 is 1.19 bits per heavy atom. The molecule has 0 saturated heterocycles.